The predicted molar refractivity (Wildman–Crippen MR) is 166 cm³/mol. The lowest BCUT2D eigenvalue weighted by Gasteiger charge is -2.24. The van der Waals surface area contributed by atoms with Crippen LogP contribution in [0.3, 0.4) is 0 Å². The zero-order valence-electron chi connectivity index (χ0n) is 23.8. The van der Waals surface area contributed by atoms with Gasteiger partial charge in [-0.1, -0.05) is 60.7 Å². The van der Waals surface area contributed by atoms with Gasteiger partial charge >= 0.3 is 5.97 Å². The van der Waals surface area contributed by atoms with Crippen molar-refractivity contribution >= 4 is 40.8 Å². The van der Waals surface area contributed by atoms with Crippen LogP contribution in [-0.4, -0.2) is 26.9 Å². The minimum absolute atomic E-state index is 0.0606. The Bertz CT molecular complexity index is 1610. The van der Waals surface area contributed by atoms with E-state index in [9.17, 15) is 23.8 Å². The molecule has 3 aromatic carbocycles. The maximum atomic E-state index is 13.7. The summed E-state index contributed by atoms with van der Waals surface area (Å²) in [6.07, 6.45) is 7.27. The van der Waals surface area contributed by atoms with Crippen LogP contribution in [0.15, 0.2) is 72.8 Å². The number of halogens is 2. The molecule has 0 bridgehead atoms. The van der Waals surface area contributed by atoms with Gasteiger partial charge in [-0.3, -0.25) is 4.79 Å². The molecule has 1 aliphatic carbocycles. The Morgan fingerprint density at radius 2 is 1.79 bits per heavy atom. The second kappa shape index (κ2) is 12.8. The van der Waals surface area contributed by atoms with Crippen molar-refractivity contribution in [1.29, 1.82) is 0 Å². The molecular formula is C35H35F2NO3S. The summed E-state index contributed by atoms with van der Waals surface area (Å²) < 4.78 is 27.3. The lowest BCUT2D eigenvalue weighted by Crippen LogP contribution is -2.19. The van der Waals surface area contributed by atoms with E-state index in [-0.39, 0.29) is 17.1 Å². The molecule has 1 aromatic heterocycles. The largest absolute Gasteiger partial charge is 0.481 e. The molecule has 0 aliphatic heterocycles. The van der Waals surface area contributed by atoms with Crippen molar-refractivity contribution in [2.45, 2.75) is 50.4 Å². The first-order valence-electron chi connectivity index (χ1n) is 14.3. The zero-order valence-corrected chi connectivity index (χ0v) is 24.6. The minimum atomic E-state index is -0.957. The third kappa shape index (κ3) is 7.44. The van der Waals surface area contributed by atoms with Gasteiger partial charge in [-0.2, -0.15) is 11.8 Å². The van der Waals surface area contributed by atoms with Gasteiger partial charge in [-0.25, -0.2) is 13.8 Å². The zero-order chi connectivity index (χ0) is 29.9. The summed E-state index contributed by atoms with van der Waals surface area (Å²) in [6.45, 7) is 3.58. The van der Waals surface area contributed by atoms with Crippen molar-refractivity contribution in [2.24, 2.45) is 11.8 Å². The molecule has 218 valence electrons. The van der Waals surface area contributed by atoms with Crippen LogP contribution in [0.4, 0.5) is 8.78 Å². The van der Waals surface area contributed by atoms with Crippen molar-refractivity contribution in [3.8, 4) is 0 Å². The molecule has 4 aromatic rings. The summed E-state index contributed by atoms with van der Waals surface area (Å²) in [5.74, 6) is -2.08. The van der Waals surface area contributed by atoms with Gasteiger partial charge in [0.2, 0.25) is 0 Å². The Balaban J connectivity index is 1.38. The molecular weight excluding hydrogens is 552 g/mol. The Labute approximate surface area is 249 Å². The topological polar surface area (TPSA) is 70.4 Å². The highest BCUT2D eigenvalue weighted by Crippen LogP contribution is 2.42. The van der Waals surface area contributed by atoms with Gasteiger partial charge in [0.25, 0.3) is 0 Å². The number of aliphatic carboxylic acids is 1. The maximum Gasteiger partial charge on any atom is 0.307 e. The molecule has 2 N–H and O–H groups in total. The molecule has 5 rings (SSSR count). The van der Waals surface area contributed by atoms with E-state index in [1.54, 1.807) is 37.7 Å². The van der Waals surface area contributed by atoms with Gasteiger partial charge in [0.15, 0.2) is 11.6 Å². The van der Waals surface area contributed by atoms with Crippen molar-refractivity contribution in [2.75, 3.05) is 5.75 Å². The molecule has 42 heavy (non-hydrogen) atoms. The summed E-state index contributed by atoms with van der Waals surface area (Å²) >= 11 is 1.69. The molecule has 2 atom stereocenters. The van der Waals surface area contributed by atoms with E-state index in [1.807, 2.05) is 42.5 Å². The van der Waals surface area contributed by atoms with Crippen LogP contribution in [0.5, 0.6) is 0 Å². The number of rotatable bonds is 12. The van der Waals surface area contributed by atoms with Crippen LogP contribution < -0.4 is 0 Å². The molecule has 0 saturated heterocycles. The molecule has 1 heterocycles. The van der Waals surface area contributed by atoms with Crippen molar-refractivity contribution in [3.63, 3.8) is 0 Å². The van der Waals surface area contributed by atoms with Gasteiger partial charge in [0.1, 0.15) is 0 Å². The quantitative estimate of drug-likeness (QED) is 0.174. The van der Waals surface area contributed by atoms with Crippen molar-refractivity contribution in [3.05, 3.63) is 112 Å². The third-order valence-electron chi connectivity index (χ3n) is 7.82. The Kier molecular flexibility index (Phi) is 9.09. The summed E-state index contributed by atoms with van der Waals surface area (Å²) in [5.41, 5.74) is 4.10. The fraction of sp³-hybridized carbons (Fsp3) is 0.314. The van der Waals surface area contributed by atoms with Gasteiger partial charge in [0, 0.05) is 22.5 Å². The molecule has 7 heteroatoms. The lowest BCUT2D eigenvalue weighted by molar-refractivity contribution is -0.141. The maximum absolute atomic E-state index is 13.7. The fourth-order valence-corrected chi connectivity index (χ4v) is 6.84. The van der Waals surface area contributed by atoms with E-state index in [0.717, 1.165) is 60.1 Å². The second-order valence-corrected chi connectivity index (χ2v) is 12.8. The van der Waals surface area contributed by atoms with E-state index in [2.05, 4.69) is 23.2 Å². The van der Waals surface area contributed by atoms with Crippen LogP contribution >= 0.6 is 11.8 Å². The Morgan fingerprint density at radius 3 is 2.52 bits per heavy atom. The fourth-order valence-electron chi connectivity index (χ4n) is 5.37. The van der Waals surface area contributed by atoms with Crippen LogP contribution in [0, 0.1) is 23.5 Å². The highest BCUT2D eigenvalue weighted by molar-refractivity contribution is 7.99. The number of aromatic nitrogens is 1. The average molecular weight is 588 g/mol. The highest BCUT2D eigenvalue weighted by Gasteiger charge is 2.36. The number of hydrogen-bond acceptors (Lipinski definition) is 4. The van der Waals surface area contributed by atoms with Crippen LogP contribution in [0.25, 0.3) is 23.1 Å². The number of fused-ring (bicyclic) bond motifs is 1. The average Bonchev–Trinajstić information content (AvgIpc) is 3.79. The van der Waals surface area contributed by atoms with Gasteiger partial charge in [0.05, 0.1) is 22.7 Å². The Hall–Kier alpha value is -3.55. The number of aryl methyl sites for hydroxylation is 1. The molecule has 2 unspecified atom stereocenters. The summed E-state index contributed by atoms with van der Waals surface area (Å²) in [5, 5.41) is 21.1. The summed E-state index contributed by atoms with van der Waals surface area (Å²) in [6, 6.07) is 21.8. The predicted octanol–water partition coefficient (Wildman–Crippen LogP) is 8.43. The first-order valence-corrected chi connectivity index (χ1v) is 15.3. The second-order valence-electron chi connectivity index (χ2n) is 11.6. The van der Waals surface area contributed by atoms with Crippen LogP contribution in [-0.2, 0) is 16.8 Å². The number of pyridine rings is 1. The normalized spacial score (nSPS) is 15.3. The van der Waals surface area contributed by atoms with E-state index < -0.39 is 23.2 Å². The van der Waals surface area contributed by atoms with Crippen LogP contribution in [0.2, 0.25) is 0 Å². The van der Waals surface area contributed by atoms with E-state index in [1.165, 1.54) is 0 Å². The first kappa shape index (κ1) is 29.9. The number of hydrogen-bond donors (Lipinski definition) is 2. The lowest BCUT2D eigenvalue weighted by atomic mass is 9.90. The van der Waals surface area contributed by atoms with Crippen molar-refractivity contribution in [1.82, 2.24) is 4.98 Å². The minimum Gasteiger partial charge on any atom is -0.481 e. The van der Waals surface area contributed by atoms with Gasteiger partial charge in [-0.15, -0.1) is 0 Å². The third-order valence-corrected chi connectivity index (χ3v) is 9.28. The van der Waals surface area contributed by atoms with E-state index in [0.29, 0.717) is 22.3 Å². The smallest absolute Gasteiger partial charge is 0.307 e. The first-order chi connectivity index (χ1) is 20.1. The van der Waals surface area contributed by atoms with E-state index >= 15 is 0 Å². The van der Waals surface area contributed by atoms with E-state index in [4.69, 9.17) is 0 Å². The molecule has 1 saturated carbocycles. The SMILES string of the molecule is CC(C)(O)c1ccccc1CCC(SCC(C(=O)O)C1CC1)c1cccc(C=Cc2ccc3cc(F)c(F)cc3n2)c1. The van der Waals surface area contributed by atoms with Gasteiger partial charge < -0.3 is 10.2 Å². The molecule has 0 spiro atoms. The molecule has 0 amide bonds. The number of carboxylic acid groups (broad SMARTS) is 1. The molecule has 0 radical (unpaired) electrons. The van der Waals surface area contributed by atoms with Crippen molar-refractivity contribution < 1.29 is 23.8 Å². The number of benzene rings is 3. The number of carbonyl (C=O) groups is 1. The molecule has 1 fully saturated rings. The molecule has 4 nitrogen and oxygen atoms in total. The monoisotopic (exact) mass is 587 g/mol. The number of aliphatic hydroxyl groups is 1. The highest BCUT2D eigenvalue weighted by atomic mass is 32.2. The standard InChI is InChI=1S/C35H35F2NO3S/c1-35(2,41)29-9-4-3-7-24(29)14-17-33(42-21-28(34(39)40)23-11-12-23)26-8-5-6-22(18-26)10-15-27-16-13-25-19-30(36)31(37)20-32(25)38-27/h3-10,13,15-16,18-20,23,28,33,41H,11-12,14,17,21H2,1-2H3,(H,39,40). The van der Waals surface area contributed by atoms with Gasteiger partial charge in [-0.05, 0) is 85.9 Å². The number of thioether (sulfide) groups is 1. The molecule has 1 aliphatic rings. The summed E-state index contributed by atoms with van der Waals surface area (Å²) in [7, 11) is 0. The summed E-state index contributed by atoms with van der Waals surface area (Å²) in [4.78, 5) is 16.4. The number of carboxylic acids is 1. The number of nitrogens with zero attached hydrogens (tertiary/aromatic N) is 1. The Morgan fingerprint density at radius 1 is 1.02 bits per heavy atom. The van der Waals surface area contributed by atoms with Crippen LogP contribution in [0.1, 0.15) is 66.3 Å².